The van der Waals surface area contributed by atoms with Crippen LogP contribution in [0, 0.1) is 0 Å². The molecular formula is C19H22N4O2. The highest BCUT2D eigenvalue weighted by atomic mass is 16.5. The molecule has 0 atom stereocenters. The van der Waals surface area contributed by atoms with Crippen molar-refractivity contribution in [2.24, 2.45) is 0 Å². The molecule has 3 aromatic rings. The molecule has 0 bridgehead atoms. The van der Waals surface area contributed by atoms with E-state index < -0.39 is 0 Å². The fraction of sp³-hybridized carbons (Fsp3) is 0.316. The van der Waals surface area contributed by atoms with E-state index in [1.165, 1.54) is 0 Å². The Morgan fingerprint density at radius 3 is 2.76 bits per heavy atom. The molecule has 3 rings (SSSR count). The summed E-state index contributed by atoms with van der Waals surface area (Å²) in [6.45, 7) is 4.39. The molecule has 0 spiro atoms. The molecular weight excluding hydrogens is 316 g/mol. The number of fused-ring (bicyclic) bond motifs is 1. The summed E-state index contributed by atoms with van der Waals surface area (Å²) in [6.07, 6.45) is 1.62. The van der Waals surface area contributed by atoms with Crippen LogP contribution in [0.5, 0.6) is 0 Å². The van der Waals surface area contributed by atoms with Crippen LogP contribution in [0.1, 0.15) is 23.2 Å². The largest absolute Gasteiger partial charge is 0.380 e. The summed E-state index contributed by atoms with van der Waals surface area (Å²) in [7, 11) is 1.77. The number of aromatic nitrogens is 3. The lowest BCUT2D eigenvalue weighted by atomic mass is 10.3. The number of hydrogen-bond acceptors (Lipinski definition) is 4. The van der Waals surface area contributed by atoms with E-state index in [1.54, 1.807) is 30.3 Å². The van der Waals surface area contributed by atoms with Crippen LogP contribution < -0.4 is 0 Å². The van der Waals surface area contributed by atoms with Gasteiger partial charge in [0.1, 0.15) is 11.5 Å². The van der Waals surface area contributed by atoms with Gasteiger partial charge in [0.25, 0.3) is 5.91 Å². The number of amides is 1. The number of imidazole rings is 1. The zero-order valence-corrected chi connectivity index (χ0v) is 14.6. The zero-order chi connectivity index (χ0) is 17.6. The number of benzene rings is 1. The van der Waals surface area contributed by atoms with Crippen LogP contribution >= 0.6 is 0 Å². The Kier molecular flexibility index (Phi) is 5.40. The Morgan fingerprint density at radius 1 is 1.20 bits per heavy atom. The number of para-hydroxylation sites is 2. The van der Waals surface area contributed by atoms with Gasteiger partial charge in [0.2, 0.25) is 0 Å². The van der Waals surface area contributed by atoms with Gasteiger partial charge in [0.05, 0.1) is 24.2 Å². The monoisotopic (exact) mass is 338 g/mol. The second-order valence-electron chi connectivity index (χ2n) is 5.74. The van der Waals surface area contributed by atoms with E-state index in [0.717, 1.165) is 16.9 Å². The quantitative estimate of drug-likeness (QED) is 0.622. The van der Waals surface area contributed by atoms with Crippen molar-refractivity contribution in [3.8, 4) is 0 Å². The Bertz CT molecular complexity index is 845. The van der Waals surface area contributed by atoms with Crippen LogP contribution in [0.2, 0.25) is 0 Å². The molecule has 0 N–H and O–H groups in total. The highest BCUT2D eigenvalue weighted by Gasteiger charge is 2.17. The zero-order valence-electron chi connectivity index (χ0n) is 14.6. The number of nitrogens with zero attached hydrogens (tertiary/aromatic N) is 4. The molecule has 0 saturated heterocycles. The van der Waals surface area contributed by atoms with E-state index in [4.69, 9.17) is 9.72 Å². The minimum Gasteiger partial charge on any atom is -0.380 e. The van der Waals surface area contributed by atoms with Crippen molar-refractivity contribution in [1.29, 1.82) is 0 Å². The first-order valence-corrected chi connectivity index (χ1v) is 8.39. The number of pyridine rings is 1. The van der Waals surface area contributed by atoms with Crippen molar-refractivity contribution in [1.82, 2.24) is 19.4 Å². The normalized spacial score (nSPS) is 11.0. The fourth-order valence-corrected chi connectivity index (χ4v) is 2.76. The smallest absolute Gasteiger partial charge is 0.272 e. The molecule has 0 fully saturated rings. The van der Waals surface area contributed by atoms with Crippen LogP contribution in [0.15, 0.2) is 48.7 Å². The molecule has 25 heavy (non-hydrogen) atoms. The molecule has 0 aliphatic heterocycles. The molecule has 1 aromatic carbocycles. The highest BCUT2D eigenvalue weighted by Crippen LogP contribution is 2.17. The molecule has 130 valence electrons. The molecule has 0 aliphatic rings. The molecule has 0 saturated carbocycles. The lowest BCUT2D eigenvalue weighted by Gasteiger charge is -2.17. The number of rotatable bonds is 7. The van der Waals surface area contributed by atoms with Gasteiger partial charge in [-0.2, -0.15) is 0 Å². The van der Waals surface area contributed by atoms with Gasteiger partial charge in [-0.25, -0.2) is 4.98 Å². The van der Waals surface area contributed by atoms with Crippen LogP contribution in [-0.4, -0.2) is 45.6 Å². The van der Waals surface area contributed by atoms with Gasteiger partial charge in [-0.1, -0.05) is 18.2 Å². The summed E-state index contributed by atoms with van der Waals surface area (Å²) in [5.74, 6) is 0.719. The first-order valence-electron chi connectivity index (χ1n) is 8.39. The van der Waals surface area contributed by atoms with Gasteiger partial charge >= 0.3 is 0 Å². The molecule has 6 heteroatoms. The van der Waals surface area contributed by atoms with E-state index in [0.29, 0.717) is 32.0 Å². The van der Waals surface area contributed by atoms with Crippen molar-refractivity contribution < 1.29 is 9.53 Å². The van der Waals surface area contributed by atoms with Gasteiger partial charge < -0.3 is 14.2 Å². The minimum absolute atomic E-state index is 0.121. The third-order valence-electron chi connectivity index (χ3n) is 4.01. The summed E-state index contributed by atoms with van der Waals surface area (Å²) >= 11 is 0. The SMILES string of the molecule is CCOCCn1c(CN(C)C(=O)c2ccccn2)nc2ccccc21. The summed E-state index contributed by atoms with van der Waals surface area (Å²) in [6, 6.07) is 13.3. The van der Waals surface area contributed by atoms with E-state index in [2.05, 4.69) is 9.55 Å². The lowest BCUT2D eigenvalue weighted by molar-refractivity contribution is 0.0773. The van der Waals surface area contributed by atoms with Gasteiger partial charge in [-0.15, -0.1) is 0 Å². The second kappa shape index (κ2) is 7.90. The van der Waals surface area contributed by atoms with Crippen molar-refractivity contribution in [2.75, 3.05) is 20.3 Å². The topological polar surface area (TPSA) is 60.2 Å². The van der Waals surface area contributed by atoms with Gasteiger partial charge in [0, 0.05) is 26.4 Å². The fourth-order valence-electron chi connectivity index (χ4n) is 2.76. The number of hydrogen-bond donors (Lipinski definition) is 0. The van der Waals surface area contributed by atoms with E-state index in [-0.39, 0.29) is 5.91 Å². The maximum Gasteiger partial charge on any atom is 0.272 e. The van der Waals surface area contributed by atoms with Crippen molar-refractivity contribution >= 4 is 16.9 Å². The maximum atomic E-state index is 12.5. The molecule has 6 nitrogen and oxygen atoms in total. The second-order valence-corrected chi connectivity index (χ2v) is 5.74. The van der Waals surface area contributed by atoms with Crippen LogP contribution in [0.3, 0.4) is 0 Å². The standard InChI is InChI=1S/C19H22N4O2/c1-3-25-13-12-23-17-10-5-4-8-15(17)21-18(23)14-22(2)19(24)16-9-6-7-11-20-16/h4-11H,3,12-14H2,1-2H3. The Hall–Kier alpha value is -2.73. The van der Waals surface area contributed by atoms with Crippen LogP contribution in [0.4, 0.5) is 0 Å². The average Bonchev–Trinajstić information content (AvgIpc) is 2.99. The van der Waals surface area contributed by atoms with E-state index in [1.807, 2.05) is 37.3 Å². The first-order chi connectivity index (χ1) is 12.2. The molecule has 2 heterocycles. The Labute approximate surface area is 147 Å². The highest BCUT2D eigenvalue weighted by molar-refractivity contribution is 5.92. The van der Waals surface area contributed by atoms with Gasteiger partial charge in [-0.3, -0.25) is 9.78 Å². The van der Waals surface area contributed by atoms with Crippen LogP contribution in [0.25, 0.3) is 11.0 Å². The number of carbonyl (C=O) groups excluding carboxylic acids is 1. The predicted octanol–water partition coefficient (Wildman–Crippen LogP) is 2.74. The van der Waals surface area contributed by atoms with Crippen molar-refractivity contribution in [2.45, 2.75) is 20.0 Å². The van der Waals surface area contributed by atoms with E-state index >= 15 is 0 Å². The van der Waals surface area contributed by atoms with Crippen molar-refractivity contribution in [3.63, 3.8) is 0 Å². The molecule has 2 aromatic heterocycles. The lowest BCUT2D eigenvalue weighted by Crippen LogP contribution is -2.28. The van der Waals surface area contributed by atoms with Crippen LogP contribution in [-0.2, 0) is 17.8 Å². The third kappa shape index (κ3) is 3.85. The average molecular weight is 338 g/mol. The summed E-state index contributed by atoms with van der Waals surface area (Å²) in [5.41, 5.74) is 2.41. The van der Waals surface area contributed by atoms with Gasteiger partial charge in [0.15, 0.2) is 0 Å². The molecule has 0 unspecified atom stereocenters. The summed E-state index contributed by atoms with van der Waals surface area (Å²) < 4.78 is 7.61. The van der Waals surface area contributed by atoms with E-state index in [9.17, 15) is 4.79 Å². The first kappa shape index (κ1) is 17.1. The number of carbonyl (C=O) groups is 1. The molecule has 0 aliphatic carbocycles. The molecule has 0 radical (unpaired) electrons. The van der Waals surface area contributed by atoms with Gasteiger partial charge in [-0.05, 0) is 31.2 Å². The third-order valence-corrected chi connectivity index (χ3v) is 4.01. The van der Waals surface area contributed by atoms with Crippen molar-refractivity contribution in [3.05, 3.63) is 60.2 Å². The minimum atomic E-state index is -0.121. The summed E-state index contributed by atoms with van der Waals surface area (Å²) in [4.78, 5) is 23.0. The summed E-state index contributed by atoms with van der Waals surface area (Å²) in [5, 5.41) is 0. The predicted molar refractivity (Wildman–Crippen MR) is 96.3 cm³/mol. The Balaban J connectivity index is 1.84. The molecule has 1 amide bonds. The maximum absolute atomic E-state index is 12.5. The number of ether oxygens (including phenoxy) is 1. The Morgan fingerprint density at radius 2 is 2.00 bits per heavy atom.